The highest BCUT2D eigenvalue weighted by Gasteiger charge is 2.25. The molecule has 0 spiro atoms. The van der Waals surface area contributed by atoms with Gasteiger partial charge in [0.1, 0.15) is 5.69 Å². The largest absolute Gasteiger partial charge is 0.364 e. The van der Waals surface area contributed by atoms with Crippen molar-refractivity contribution in [3.8, 4) is 0 Å². The quantitative estimate of drug-likeness (QED) is 0.358. The molecule has 0 aliphatic rings. The van der Waals surface area contributed by atoms with Crippen LogP contribution in [0.4, 0.5) is 11.5 Å². The predicted octanol–water partition coefficient (Wildman–Crippen LogP) is 2.67. The molecule has 1 aromatic rings. The molecule has 6 heteroatoms. The summed E-state index contributed by atoms with van der Waals surface area (Å²) in [6.45, 7) is 9.76. The Morgan fingerprint density at radius 1 is 1.65 bits per heavy atom. The second-order valence-corrected chi connectivity index (χ2v) is 4.08. The number of hydrogen-bond acceptors (Lipinski definition) is 4. The lowest BCUT2D eigenvalue weighted by molar-refractivity contribution is -0.384. The topological polar surface area (TPSA) is 73.0 Å². The molecule has 1 heterocycles. The molecule has 6 nitrogen and oxygen atoms in total. The Bertz CT molecular complexity index is 423. The lowest BCUT2D eigenvalue weighted by Crippen LogP contribution is -2.11. The lowest BCUT2D eigenvalue weighted by Gasteiger charge is -2.11. The zero-order valence-electron chi connectivity index (χ0n) is 10.4. The first kappa shape index (κ1) is 13.2. The monoisotopic (exact) mass is 238 g/mol. The summed E-state index contributed by atoms with van der Waals surface area (Å²) in [5.41, 5.74) is 0.493. The van der Waals surface area contributed by atoms with Gasteiger partial charge in [0.2, 0.25) is 5.82 Å². The maximum Gasteiger partial charge on any atom is 0.333 e. The first-order valence-corrected chi connectivity index (χ1v) is 5.57. The normalized spacial score (nSPS) is 10.6. The SMILES string of the molecule is C=CCCNc1c([N+](=O)[O-])c(C)nn1C(C)C. The third-order valence-corrected chi connectivity index (χ3v) is 2.37. The molecule has 1 rings (SSSR count). The van der Waals surface area contributed by atoms with Crippen LogP contribution in [0.1, 0.15) is 32.0 Å². The van der Waals surface area contributed by atoms with Crippen LogP contribution in [-0.2, 0) is 0 Å². The minimum absolute atomic E-state index is 0.0581. The van der Waals surface area contributed by atoms with Crippen LogP contribution in [0, 0.1) is 17.0 Å². The zero-order valence-corrected chi connectivity index (χ0v) is 10.4. The van der Waals surface area contributed by atoms with Gasteiger partial charge < -0.3 is 5.32 Å². The highest BCUT2D eigenvalue weighted by atomic mass is 16.6. The van der Waals surface area contributed by atoms with E-state index < -0.39 is 4.92 Å². The Hall–Kier alpha value is -1.85. The van der Waals surface area contributed by atoms with Crippen molar-refractivity contribution in [2.45, 2.75) is 33.2 Å². The molecular formula is C11H18N4O2. The fraction of sp³-hybridized carbons (Fsp3) is 0.545. The third kappa shape index (κ3) is 2.83. The van der Waals surface area contributed by atoms with Crippen LogP contribution in [0.15, 0.2) is 12.7 Å². The summed E-state index contributed by atoms with van der Waals surface area (Å²) in [7, 11) is 0. The van der Waals surface area contributed by atoms with Gasteiger partial charge in [-0.3, -0.25) is 10.1 Å². The molecule has 0 saturated carbocycles. The van der Waals surface area contributed by atoms with Crippen LogP contribution in [0.5, 0.6) is 0 Å². The molecule has 0 unspecified atom stereocenters. The molecule has 0 aliphatic heterocycles. The van der Waals surface area contributed by atoms with Crippen LogP contribution in [-0.4, -0.2) is 21.2 Å². The van der Waals surface area contributed by atoms with Crippen LogP contribution >= 0.6 is 0 Å². The van der Waals surface area contributed by atoms with Gasteiger partial charge in [0.15, 0.2) is 0 Å². The van der Waals surface area contributed by atoms with Gasteiger partial charge in [-0.15, -0.1) is 6.58 Å². The van der Waals surface area contributed by atoms with E-state index in [0.717, 1.165) is 6.42 Å². The number of anilines is 1. The van der Waals surface area contributed by atoms with Crippen molar-refractivity contribution in [3.05, 3.63) is 28.5 Å². The van der Waals surface area contributed by atoms with Crippen molar-refractivity contribution < 1.29 is 4.92 Å². The summed E-state index contributed by atoms with van der Waals surface area (Å²) in [6.07, 6.45) is 2.52. The molecule has 0 saturated heterocycles. The summed E-state index contributed by atoms with van der Waals surface area (Å²) < 4.78 is 1.65. The van der Waals surface area contributed by atoms with Gasteiger partial charge in [-0.1, -0.05) is 6.08 Å². The van der Waals surface area contributed by atoms with Crippen molar-refractivity contribution in [1.29, 1.82) is 0 Å². The minimum Gasteiger partial charge on any atom is -0.364 e. The highest BCUT2D eigenvalue weighted by Crippen LogP contribution is 2.30. The Labute approximate surface area is 100 Å². The van der Waals surface area contributed by atoms with Crippen molar-refractivity contribution >= 4 is 11.5 Å². The maximum absolute atomic E-state index is 11.0. The third-order valence-electron chi connectivity index (χ3n) is 2.37. The molecule has 17 heavy (non-hydrogen) atoms. The Kier molecular flexibility index (Phi) is 4.25. The van der Waals surface area contributed by atoms with Crippen LogP contribution in [0.25, 0.3) is 0 Å². The number of rotatable bonds is 6. The summed E-state index contributed by atoms with van der Waals surface area (Å²) >= 11 is 0. The molecule has 0 aliphatic carbocycles. The lowest BCUT2D eigenvalue weighted by atomic mass is 10.3. The number of aryl methyl sites for hydroxylation is 1. The van der Waals surface area contributed by atoms with Gasteiger partial charge in [0.05, 0.1) is 4.92 Å². The number of nitro groups is 1. The standard InChI is InChI=1S/C11H18N4O2/c1-5-6-7-12-11-10(15(16)17)9(4)13-14(11)8(2)3/h5,8,12H,1,6-7H2,2-4H3. The molecule has 1 aromatic heterocycles. The van der Waals surface area contributed by atoms with Crippen molar-refractivity contribution in [1.82, 2.24) is 9.78 Å². The average molecular weight is 238 g/mol. The van der Waals surface area contributed by atoms with E-state index in [-0.39, 0.29) is 11.7 Å². The molecule has 1 N–H and O–H groups in total. The predicted molar refractivity (Wildman–Crippen MR) is 67.3 cm³/mol. The average Bonchev–Trinajstić information content (AvgIpc) is 2.56. The molecule has 0 aromatic carbocycles. The highest BCUT2D eigenvalue weighted by molar-refractivity contribution is 5.59. The van der Waals surface area contributed by atoms with Gasteiger partial charge in [-0.2, -0.15) is 5.10 Å². The number of nitrogens with zero attached hydrogens (tertiary/aromatic N) is 3. The van der Waals surface area contributed by atoms with Gasteiger partial charge in [-0.25, -0.2) is 4.68 Å². The fourth-order valence-corrected chi connectivity index (χ4v) is 1.59. The smallest absolute Gasteiger partial charge is 0.333 e. The molecule has 0 amide bonds. The fourth-order valence-electron chi connectivity index (χ4n) is 1.59. The second-order valence-electron chi connectivity index (χ2n) is 4.08. The summed E-state index contributed by atoms with van der Waals surface area (Å²) in [6, 6.07) is 0.0774. The van der Waals surface area contributed by atoms with Gasteiger partial charge in [0.25, 0.3) is 0 Å². The van der Waals surface area contributed by atoms with E-state index in [4.69, 9.17) is 0 Å². The summed E-state index contributed by atoms with van der Waals surface area (Å²) in [4.78, 5) is 10.6. The van der Waals surface area contributed by atoms with Crippen molar-refractivity contribution in [2.75, 3.05) is 11.9 Å². The van der Waals surface area contributed by atoms with E-state index in [2.05, 4.69) is 17.0 Å². The Morgan fingerprint density at radius 2 is 2.29 bits per heavy atom. The number of nitrogens with one attached hydrogen (secondary N) is 1. The molecule has 0 bridgehead atoms. The van der Waals surface area contributed by atoms with E-state index in [9.17, 15) is 10.1 Å². The first-order chi connectivity index (χ1) is 7.99. The Morgan fingerprint density at radius 3 is 2.76 bits per heavy atom. The van der Waals surface area contributed by atoms with Gasteiger partial charge in [-0.05, 0) is 27.2 Å². The van der Waals surface area contributed by atoms with Gasteiger partial charge in [0, 0.05) is 12.6 Å². The number of aromatic nitrogens is 2. The van der Waals surface area contributed by atoms with Crippen molar-refractivity contribution in [3.63, 3.8) is 0 Å². The van der Waals surface area contributed by atoms with E-state index in [1.54, 1.807) is 17.7 Å². The van der Waals surface area contributed by atoms with Crippen LogP contribution in [0.2, 0.25) is 0 Å². The molecule has 94 valence electrons. The van der Waals surface area contributed by atoms with Crippen molar-refractivity contribution in [2.24, 2.45) is 0 Å². The molecule has 0 fully saturated rings. The molecular weight excluding hydrogens is 220 g/mol. The molecule has 0 atom stereocenters. The molecule has 0 radical (unpaired) electrons. The zero-order chi connectivity index (χ0) is 13.0. The summed E-state index contributed by atoms with van der Waals surface area (Å²) in [5.74, 6) is 0.476. The minimum atomic E-state index is -0.391. The van der Waals surface area contributed by atoms with E-state index in [1.165, 1.54) is 0 Å². The van der Waals surface area contributed by atoms with E-state index >= 15 is 0 Å². The van der Waals surface area contributed by atoms with Crippen LogP contribution in [0.3, 0.4) is 0 Å². The maximum atomic E-state index is 11.0. The second kappa shape index (κ2) is 5.47. The van der Waals surface area contributed by atoms with Gasteiger partial charge >= 0.3 is 5.69 Å². The van der Waals surface area contributed by atoms with E-state index in [0.29, 0.717) is 18.1 Å². The van der Waals surface area contributed by atoms with E-state index in [1.807, 2.05) is 13.8 Å². The summed E-state index contributed by atoms with van der Waals surface area (Å²) in [5, 5.41) is 18.3. The Balaban J connectivity index is 3.11. The number of hydrogen-bond donors (Lipinski definition) is 1. The first-order valence-electron chi connectivity index (χ1n) is 5.57. The van der Waals surface area contributed by atoms with Crippen LogP contribution < -0.4 is 5.32 Å².